The number of aliphatic imine (C=N–C) groups is 1. The summed E-state index contributed by atoms with van der Waals surface area (Å²) >= 11 is 0. The van der Waals surface area contributed by atoms with Gasteiger partial charge in [-0.25, -0.2) is 0 Å². The van der Waals surface area contributed by atoms with E-state index < -0.39 is 0 Å². The van der Waals surface area contributed by atoms with Crippen LogP contribution in [-0.2, 0) is 0 Å². The fourth-order valence-electron chi connectivity index (χ4n) is 1.99. The highest BCUT2D eigenvalue weighted by molar-refractivity contribution is 5.97. The summed E-state index contributed by atoms with van der Waals surface area (Å²) in [5, 5.41) is 0. The van der Waals surface area contributed by atoms with Gasteiger partial charge in [0.15, 0.2) is 17.3 Å². The number of nitrogens with zero attached hydrogens (tertiary/aromatic N) is 1. The number of rotatable bonds is 4. The Morgan fingerprint density at radius 3 is 2.67 bits per heavy atom. The molecule has 5 heteroatoms. The molecule has 0 atom stereocenters. The molecule has 2 aromatic carbocycles. The third kappa shape index (κ3) is 2.93. The van der Waals surface area contributed by atoms with Gasteiger partial charge in [0.25, 0.3) is 0 Å². The average Bonchev–Trinajstić information content (AvgIpc) is 3.00. The molecule has 21 heavy (non-hydrogen) atoms. The minimum atomic E-state index is -0.0821. The number of Topliss-reactive ketones (excluding diaryl/α,β-unsaturated/α-hetero) is 1. The van der Waals surface area contributed by atoms with Crippen LogP contribution in [0.5, 0.6) is 11.5 Å². The van der Waals surface area contributed by atoms with Gasteiger partial charge < -0.3 is 15.2 Å². The number of carbonyl (C=O) groups is 1. The van der Waals surface area contributed by atoms with Gasteiger partial charge in [-0.1, -0.05) is 0 Å². The van der Waals surface area contributed by atoms with E-state index in [1.807, 2.05) is 18.2 Å². The van der Waals surface area contributed by atoms with Gasteiger partial charge in [0.2, 0.25) is 6.79 Å². The van der Waals surface area contributed by atoms with Gasteiger partial charge in [0, 0.05) is 11.8 Å². The zero-order valence-corrected chi connectivity index (χ0v) is 11.3. The number of hydrogen-bond donors (Lipinski definition) is 1. The molecular weight excluding hydrogens is 268 g/mol. The molecule has 0 fully saturated rings. The van der Waals surface area contributed by atoms with E-state index in [1.54, 1.807) is 30.5 Å². The zero-order chi connectivity index (χ0) is 14.7. The highest BCUT2D eigenvalue weighted by Gasteiger charge is 2.12. The number of ketones is 1. The summed E-state index contributed by atoms with van der Waals surface area (Å²) in [7, 11) is 0. The first-order valence-corrected chi connectivity index (χ1v) is 6.53. The van der Waals surface area contributed by atoms with Crippen molar-refractivity contribution in [3.63, 3.8) is 0 Å². The highest BCUT2D eigenvalue weighted by atomic mass is 16.7. The quantitative estimate of drug-likeness (QED) is 0.689. The smallest absolute Gasteiger partial charge is 0.231 e. The van der Waals surface area contributed by atoms with E-state index in [0.29, 0.717) is 5.56 Å². The average molecular weight is 282 g/mol. The van der Waals surface area contributed by atoms with E-state index in [9.17, 15) is 4.79 Å². The molecule has 0 spiro atoms. The van der Waals surface area contributed by atoms with E-state index in [4.69, 9.17) is 15.2 Å². The minimum absolute atomic E-state index is 0.0137. The largest absolute Gasteiger partial charge is 0.454 e. The lowest BCUT2D eigenvalue weighted by Crippen LogP contribution is -2.13. The molecule has 2 aromatic rings. The van der Waals surface area contributed by atoms with Gasteiger partial charge >= 0.3 is 0 Å². The van der Waals surface area contributed by atoms with Crippen LogP contribution in [0, 0.1) is 0 Å². The second-order valence-electron chi connectivity index (χ2n) is 4.55. The van der Waals surface area contributed by atoms with Gasteiger partial charge in [-0.2, -0.15) is 0 Å². The van der Waals surface area contributed by atoms with Gasteiger partial charge in [-0.3, -0.25) is 9.79 Å². The lowest BCUT2D eigenvalue weighted by atomic mass is 10.1. The fraction of sp³-hybridized carbons (Fsp3) is 0.125. The Hall–Kier alpha value is -2.66. The summed E-state index contributed by atoms with van der Waals surface area (Å²) in [6.07, 6.45) is 1.74. The topological polar surface area (TPSA) is 73.9 Å². The Morgan fingerprint density at radius 2 is 1.90 bits per heavy atom. The van der Waals surface area contributed by atoms with Crippen molar-refractivity contribution in [2.45, 2.75) is 0 Å². The van der Waals surface area contributed by atoms with Crippen molar-refractivity contribution in [1.29, 1.82) is 0 Å². The lowest BCUT2D eigenvalue weighted by Gasteiger charge is -1.99. The zero-order valence-electron chi connectivity index (χ0n) is 11.3. The molecule has 1 aliphatic heterocycles. The van der Waals surface area contributed by atoms with Gasteiger partial charge in [-0.15, -0.1) is 0 Å². The summed E-state index contributed by atoms with van der Waals surface area (Å²) in [4.78, 5) is 15.8. The van der Waals surface area contributed by atoms with Crippen LogP contribution in [0.25, 0.3) is 0 Å². The number of benzene rings is 2. The molecule has 0 aliphatic carbocycles. The van der Waals surface area contributed by atoms with Gasteiger partial charge in [0.05, 0.1) is 12.2 Å². The maximum Gasteiger partial charge on any atom is 0.231 e. The first kappa shape index (κ1) is 13.3. The Balaban J connectivity index is 1.75. The third-order valence-electron chi connectivity index (χ3n) is 3.13. The Kier molecular flexibility index (Phi) is 3.66. The molecule has 1 heterocycles. The summed E-state index contributed by atoms with van der Waals surface area (Å²) in [6, 6.07) is 12.6. The second kappa shape index (κ2) is 5.76. The van der Waals surface area contributed by atoms with E-state index in [2.05, 4.69) is 4.99 Å². The van der Waals surface area contributed by atoms with Gasteiger partial charge in [0.1, 0.15) is 0 Å². The first-order chi connectivity index (χ1) is 10.3. The third-order valence-corrected chi connectivity index (χ3v) is 3.13. The molecule has 0 bridgehead atoms. The van der Waals surface area contributed by atoms with Crippen LogP contribution in [-0.4, -0.2) is 25.3 Å². The highest BCUT2D eigenvalue weighted by Crippen LogP contribution is 2.32. The van der Waals surface area contributed by atoms with Crippen molar-refractivity contribution >= 4 is 17.7 Å². The maximum atomic E-state index is 11.4. The first-order valence-electron chi connectivity index (χ1n) is 6.53. The van der Waals surface area contributed by atoms with E-state index in [0.717, 1.165) is 22.7 Å². The maximum absolute atomic E-state index is 11.4. The molecular formula is C16H14N2O3. The SMILES string of the molecule is NCC(=O)c1ccc(N=Cc2ccc3c(c2)OCO3)cc1. The second-order valence-corrected chi connectivity index (χ2v) is 4.55. The van der Waals surface area contributed by atoms with Crippen LogP contribution in [0.3, 0.4) is 0 Å². The molecule has 0 amide bonds. The molecule has 106 valence electrons. The molecule has 1 aliphatic rings. The Morgan fingerprint density at radius 1 is 1.14 bits per heavy atom. The van der Waals surface area contributed by atoms with Crippen molar-refractivity contribution in [3.8, 4) is 11.5 Å². The lowest BCUT2D eigenvalue weighted by molar-refractivity contribution is 0.100. The summed E-state index contributed by atoms with van der Waals surface area (Å²) < 4.78 is 10.6. The van der Waals surface area contributed by atoms with Crippen LogP contribution in [0.15, 0.2) is 47.5 Å². The molecule has 3 rings (SSSR count). The molecule has 0 saturated carbocycles. The number of nitrogens with two attached hydrogens (primary N) is 1. The Labute approximate surface area is 122 Å². The normalized spacial score (nSPS) is 12.8. The van der Waals surface area contributed by atoms with E-state index in [1.165, 1.54) is 0 Å². The number of ether oxygens (including phenoxy) is 2. The number of fused-ring (bicyclic) bond motifs is 1. The molecule has 0 unspecified atom stereocenters. The molecule has 0 aromatic heterocycles. The molecule has 5 nitrogen and oxygen atoms in total. The van der Waals surface area contributed by atoms with Gasteiger partial charge in [-0.05, 0) is 48.0 Å². The van der Waals surface area contributed by atoms with E-state index >= 15 is 0 Å². The van der Waals surface area contributed by atoms with E-state index in [-0.39, 0.29) is 19.1 Å². The van der Waals surface area contributed by atoms with Crippen LogP contribution >= 0.6 is 0 Å². The summed E-state index contributed by atoms with van der Waals surface area (Å²) in [6.45, 7) is 0.270. The van der Waals surface area contributed by atoms with Crippen molar-refractivity contribution in [3.05, 3.63) is 53.6 Å². The van der Waals surface area contributed by atoms with Crippen LogP contribution < -0.4 is 15.2 Å². The summed E-state index contributed by atoms with van der Waals surface area (Å²) in [5.41, 5.74) is 7.60. The molecule has 0 saturated heterocycles. The van der Waals surface area contributed by atoms with Crippen molar-refractivity contribution in [2.24, 2.45) is 10.7 Å². The monoisotopic (exact) mass is 282 g/mol. The molecule has 2 N–H and O–H groups in total. The fourth-order valence-corrected chi connectivity index (χ4v) is 1.99. The Bertz CT molecular complexity index is 693. The summed E-state index contributed by atoms with van der Waals surface area (Å²) in [5.74, 6) is 1.39. The predicted octanol–water partition coefficient (Wildman–Crippen LogP) is 2.31. The standard InChI is InChI=1S/C16H14N2O3/c17-8-14(19)12-2-4-13(5-3-12)18-9-11-1-6-15-16(7-11)21-10-20-15/h1-7,9H,8,10,17H2. The number of carbonyl (C=O) groups excluding carboxylic acids is 1. The van der Waals surface area contributed by atoms with Crippen molar-refractivity contribution < 1.29 is 14.3 Å². The predicted molar refractivity (Wildman–Crippen MR) is 79.6 cm³/mol. The minimum Gasteiger partial charge on any atom is -0.454 e. The van der Waals surface area contributed by atoms with Crippen LogP contribution in [0.1, 0.15) is 15.9 Å². The van der Waals surface area contributed by atoms with Crippen LogP contribution in [0.4, 0.5) is 5.69 Å². The van der Waals surface area contributed by atoms with Crippen LogP contribution in [0.2, 0.25) is 0 Å². The molecule has 0 radical (unpaired) electrons. The van der Waals surface area contributed by atoms with Crippen molar-refractivity contribution in [1.82, 2.24) is 0 Å². The number of hydrogen-bond acceptors (Lipinski definition) is 5. The van der Waals surface area contributed by atoms with Crippen molar-refractivity contribution in [2.75, 3.05) is 13.3 Å².